The molecule has 0 heterocycles. The maximum absolute atomic E-state index is 13.2. The Morgan fingerprint density at radius 1 is 0.794 bits per heavy atom. The number of nitrogens with zero attached hydrogens (tertiary/aromatic N) is 1. The minimum absolute atomic E-state index is 0.0560. The predicted molar refractivity (Wildman–Crippen MR) is 137 cm³/mol. The minimum atomic E-state index is -1.09. The first-order valence-electron chi connectivity index (χ1n) is 10.7. The van der Waals surface area contributed by atoms with Crippen LogP contribution in [0.4, 0.5) is 17.1 Å². The third-order valence-electron chi connectivity index (χ3n) is 5.51. The van der Waals surface area contributed by atoms with Crippen LogP contribution in [0.2, 0.25) is 5.02 Å². The molecule has 0 atom stereocenters. The monoisotopic (exact) mass is 470 g/mol. The van der Waals surface area contributed by atoms with E-state index in [1.807, 2.05) is 78.7 Å². The zero-order chi connectivity index (χ0) is 24.1. The molecule has 170 valence electrons. The van der Waals surface area contributed by atoms with Crippen molar-refractivity contribution in [1.82, 2.24) is 0 Å². The van der Waals surface area contributed by atoms with Gasteiger partial charge in [-0.3, -0.25) is 4.79 Å². The number of aromatic carboxylic acids is 1. The summed E-state index contributed by atoms with van der Waals surface area (Å²) in [6, 6.07) is 29.1. The molecule has 4 rings (SSSR count). The lowest BCUT2D eigenvalue weighted by molar-refractivity contribution is 0.0697. The molecule has 0 radical (unpaired) electrons. The number of hydrogen-bond acceptors (Lipinski definition) is 4. The van der Waals surface area contributed by atoms with E-state index in [0.29, 0.717) is 28.4 Å². The second kappa shape index (κ2) is 10.2. The summed E-state index contributed by atoms with van der Waals surface area (Å²) in [5.74, 6) is -1.33. The maximum atomic E-state index is 13.2. The second-order valence-corrected chi connectivity index (χ2v) is 8.29. The van der Waals surface area contributed by atoms with E-state index >= 15 is 0 Å². The van der Waals surface area contributed by atoms with Crippen LogP contribution in [0, 0.1) is 0 Å². The van der Waals surface area contributed by atoms with Gasteiger partial charge < -0.3 is 15.3 Å². The van der Waals surface area contributed by atoms with E-state index in [1.165, 1.54) is 12.1 Å². The standard InChI is InChI=1S/C28H23ClN2O3/c1-31(26-13-9-23(29)10-14-26)25-11-7-20(8-12-25)27(32)21-15-22(28(33)34)17-24(16-21)30-18-19-5-3-2-4-6-19/h2-17,30H,18H2,1H3,(H,33,34). The molecular weight excluding hydrogens is 448 g/mol. The molecule has 0 saturated carbocycles. The SMILES string of the molecule is CN(c1ccc(Cl)cc1)c1ccc(C(=O)c2cc(NCc3ccccc3)cc(C(=O)O)c2)cc1. The number of carbonyl (C=O) groups excluding carboxylic acids is 1. The van der Waals surface area contributed by atoms with Gasteiger partial charge in [-0.05, 0) is 72.3 Å². The fourth-order valence-corrected chi connectivity index (χ4v) is 3.73. The number of hydrogen-bond donors (Lipinski definition) is 2. The molecule has 0 unspecified atom stereocenters. The molecule has 0 spiro atoms. The topological polar surface area (TPSA) is 69.6 Å². The summed E-state index contributed by atoms with van der Waals surface area (Å²) in [6.45, 7) is 0.517. The number of anilines is 3. The van der Waals surface area contributed by atoms with E-state index in [2.05, 4.69) is 5.32 Å². The molecule has 0 aliphatic carbocycles. The van der Waals surface area contributed by atoms with Gasteiger partial charge in [-0.1, -0.05) is 41.9 Å². The van der Waals surface area contributed by atoms with Crippen LogP contribution in [0.1, 0.15) is 31.8 Å². The van der Waals surface area contributed by atoms with E-state index < -0.39 is 5.97 Å². The molecule has 5 nitrogen and oxygen atoms in total. The zero-order valence-corrected chi connectivity index (χ0v) is 19.3. The molecule has 2 N–H and O–H groups in total. The highest BCUT2D eigenvalue weighted by atomic mass is 35.5. The molecule has 0 saturated heterocycles. The highest BCUT2D eigenvalue weighted by Crippen LogP contribution is 2.26. The van der Waals surface area contributed by atoms with Crippen molar-refractivity contribution < 1.29 is 14.7 Å². The van der Waals surface area contributed by atoms with Crippen molar-refractivity contribution in [2.24, 2.45) is 0 Å². The van der Waals surface area contributed by atoms with E-state index in [4.69, 9.17) is 11.6 Å². The van der Waals surface area contributed by atoms with Gasteiger partial charge in [-0.2, -0.15) is 0 Å². The van der Waals surface area contributed by atoms with E-state index in [9.17, 15) is 14.7 Å². The van der Waals surface area contributed by atoms with Crippen molar-refractivity contribution in [3.05, 3.63) is 124 Å². The number of carboxylic acids is 1. The van der Waals surface area contributed by atoms with Crippen molar-refractivity contribution in [2.75, 3.05) is 17.3 Å². The van der Waals surface area contributed by atoms with Crippen LogP contribution in [0.3, 0.4) is 0 Å². The largest absolute Gasteiger partial charge is 0.478 e. The summed E-state index contributed by atoms with van der Waals surface area (Å²) in [4.78, 5) is 26.8. The van der Waals surface area contributed by atoms with E-state index in [1.54, 1.807) is 18.2 Å². The summed E-state index contributed by atoms with van der Waals surface area (Å²) in [5.41, 5.74) is 4.34. The Morgan fingerprint density at radius 3 is 2.00 bits per heavy atom. The number of ketones is 1. The van der Waals surface area contributed by atoms with Gasteiger partial charge in [0, 0.05) is 46.8 Å². The van der Waals surface area contributed by atoms with Crippen molar-refractivity contribution >= 4 is 40.4 Å². The second-order valence-electron chi connectivity index (χ2n) is 7.85. The number of benzene rings is 4. The van der Waals surface area contributed by atoms with Gasteiger partial charge in [0.2, 0.25) is 0 Å². The maximum Gasteiger partial charge on any atom is 0.335 e. The number of rotatable bonds is 8. The molecular formula is C28H23ClN2O3. The van der Waals surface area contributed by atoms with Gasteiger partial charge in [-0.25, -0.2) is 4.79 Å². The lowest BCUT2D eigenvalue weighted by atomic mass is 10.00. The van der Waals surface area contributed by atoms with Gasteiger partial charge in [0.1, 0.15) is 0 Å². The number of halogens is 1. The van der Waals surface area contributed by atoms with Gasteiger partial charge >= 0.3 is 5.97 Å². The molecule has 4 aromatic rings. The number of carbonyl (C=O) groups is 2. The van der Waals surface area contributed by atoms with Crippen LogP contribution >= 0.6 is 11.6 Å². The van der Waals surface area contributed by atoms with Crippen LogP contribution in [-0.2, 0) is 6.54 Å². The summed E-state index contributed by atoms with van der Waals surface area (Å²) in [6.07, 6.45) is 0. The molecule has 6 heteroatoms. The molecule has 34 heavy (non-hydrogen) atoms. The molecule has 0 amide bonds. The van der Waals surface area contributed by atoms with E-state index in [-0.39, 0.29) is 11.3 Å². The molecule has 0 aliphatic heterocycles. The fraction of sp³-hybridized carbons (Fsp3) is 0.0714. The third-order valence-corrected chi connectivity index (χ3v) is 5.76. The molecule has 0 aromatic heterocycles. The van der Waals surface area contributed by atoms with Crippen LogP contribution < -0.4 is 10.2 Å². The highest BCUT2D eigenvalue weighted by Gasteiger charge is 2.15. The van der Waals surface area contributed by atoms with Crippen molar-refractivity contribution in [1.29, 1.82) is 0 Å². The highest BCUT2D eigenvalue weighted by molar-refractivity contribution is 6.30. The number of nitrogens with one attached hydrogen (secondary N) is 1. The normalized spacial score (nSPS) is 10.5. The Hall–Kier alpha value is -4.09. The predicted octanol–water partition coefficient (Wildman–Crippen LogP) is 6.65. The average Bonchev–Trinajstić information content (AvgIpc) is 2.87. The lowest BCUT2D eigenvalue weighted by Crippen LogP contribution is -2.10. The molecule has 4 aromatic carbocycles. The minimum Gasteiger partial charge on any atom is -0.478 e. The van der Waals surface area contributed by atoms with Gasteiger partial charge in [0.25, 0.3) is 0 Å². The summed E-state index contributed by atoms with van der Waals surface area (Å²) < 4.78 is 0. The van der Waals surface area contributed by atoms with Crippen molar-refractivity contribution in [3.63, 3.8) is 0 Å². The first-order chi connectivity index (χ1) is 16.4. The van der Waals surface area contributed by atoms with E-state index in [0.717, 1.165) is 16.9 Å². The lowest BCUT2D eigenvalue weighted by Gasteiger charge is -2.20. The first-order valence-corrected chi connectivity index (χ1v) is 11.1. The Kier molecular flexibility index (Phi) is 6.95. The zero-order valence-electron chi connectivity index (χ0n) is 18.5. The summed E-state index contributed by atoms with van der Waals surface area (Å²) >= 11 is 5.97. The molecule has 0 fully saturated rings. The average molecular weight is 471 g/mol. The van der Waals surface area contributed by atoms with Crippen LogP contribution in [-0.4, -0.2) is 23.9 Å². The first kappa shape index (κ1) is 23.1. The van der Waals surface area contributed by atoms with Crippen LogP contribution in [0.15, 0.2) is 97.1 Å². The smallest absolute Gasteiger partial charge is 0.335 e. The third kappa shape index (κ3) is 5.45. The van der Waals surface area contributed by atoms with Crippen molar-refractivity contribution in [2.45, 2.75) is 6.54 Å². The summed E-state index contributed by atoms with van der Waals surface area (Å²) in [7, 11) is 1.93. The van der Waals surface area contributed by atoms with Crippen LogP contribution in [0.5, 0.6) is 0 Å². The van der Waals surface area contributed by atoms with Gasteiger partial charge in [0.05, 0.1) is 5.56 Å². The fourth-order valence-electron chi connectivity index (χ4n) is 3.60. The van der Waals surface area contributed by atoms with Crippen molar-refractivity contribution in [3.8, 4) is 0 Å². The Bertz CT molecular complexity index is 1300. The van der Waals surface area contributed by atoms with Crippen LogP contribution in [0.25, 0.3) is 0 Å². The summed E-state index contributed by atoms with van der Waals surface area (Å²) in [5, 5.41) is 13.4. The Labute approximate surface area is 203 Å². The molecule has 0 bridgehead atoms. The van der Waals surface area contributed by atoms with Gasteiger partial charge in [0.15, 0.2) is 5.78 Å². The molecule has 0 aliphatic rings. The Morgan fingerprint density at radius 2 is 1.38 bits per heavy atom. The quantitative estimate of drug-likeness (QED) is 0.282. The Balaban J connectivity index is 1.55. The van der Waals surface area contributed by atoms with Gasteiger partial charge in [-0.15, -0.1) is 0 Å². The number of carboxylic acid groups (broad SMARTS) is 1.